The minimum atomic E-state index is -0.589. The Kier molecular flexibility index (Phi) is 9.12. The van der Waals surface area contributed by atoms with Crippen LogP contribution in [0.1, 0.15) is 22.3 Å². The molecule has 0 aliphatic carbocycles. The molecule has 32 heavy (non-hydrogen) atoms. The van der Waals surface area contributed by atoms with Crippen LogP contribution in [0.2, 0.25) is 0 Å². The summed E-state index contributed by atoms with van der Waals surface area (Å²) in [6.07, 6.45) is 0. The number of halogens is 2. The van der Waals surface area contributed by atoms with Crippen LogP contribution in [0.15, 0.2) is 78.9 Å². The van der Waals surface area contributed by atoms with Gasteiger partial charge < -0.3 is 24.8 Å². The van der Waals surface area contributed by atoms with Gasteiger partial charge in [0, 0.05) is 0 Å². The minimum Gasteiger partial charge on any atom is -1.00 e. The Bertz CT molecular complexity index is 1180. The average molecular weight is 555 g/mol. The molecule has 5 aromatic carbocycles. The summed E-state index contributed by atoms with van der Waals surface area (Å²) in [7, 11) is -0.589. The van der Waals surface area contributed by atoms with Crippen LogP contribution in [0.4, 0.5) is 0 Å². The van der Waals surface area contributed by atoms with E-state index >= 15 is 0 Å². The first-order valence-electron chi connectivity index (χ1n) is 10.2. The van der Waals surface area contributed by atoms with Gasteiger partial charge in [-0.2, -0.15) is 12.1 Å². The van der Waals surface area contributed by atoms with Gasteiger partial charge in [-0.3, -0.25) is 0 Å². The minimum absolute atomic E-state index is 0. The largest absolute Gasteiger partial charge is 4.00 e. The maximum atomic E-state index is 2.44. The molecule has 0 aliphatic heterocycles. The second-order valence-corrected chi connectivity index (χ2v) is 10.4. The second kappa shape index (κ2) is 10.8. The van der Waals surface area contributed by atoms with Gasteiger partial charge in [0.2, 0.25) is 0 Å². The van der Waals surface area contributed by atoms with Crippen LogP contribution >= 0.6 is 7.92 Å². The fraction of sp³-hybridized carbons (Fsp3) is 0.143. The maximum absolute atomic E-state index is 2.44. The molecule has 0 spiro atoms. The van der Waals surface area contributed by atoms with E-state index in [0.717, 1.165) is 0 Å². The van der Waals surface area contributed by atoms with Crippen LogP contribution < -0.4 is 40.7 Å². The van der Waals surface area contributed by atoms with Gasteiger partial charge in [0.05, 0.1) is 0 Å². The molecule has 0 unspecified atom stereocenters. The molecule has 0 saturated heterocycles. The van der Waals surface area contributed by atoms with Crippen LogP contribution in [0.5, 0.6) is 0 Å². The Morgan fingerprint density at radius 1 is 0.562 bits per heavy atom. The molecule has 5 rings (SSSR count). The van der Waals surface area contributed by atoms with Crippen molar-refractivity contribution in [1.29, 1.82) is 0 Å². The third kappa shape index (κ3) is 4.69. The number of hydrogen-bond donors (Lipinski definition) is 0. The van der Waals surface area contributed by atoms with E-state index in [4.69, 9.17) is 0 Å². The van der Waals surface area contributed by atoms with Crippen LogP contribution in [0.25, 0.3) is 21.5 Å². The molecule has 5 aromatic rings. The van der Waals surface area contributed by atoms with Crippen molar-refractivity contribution in [1.82, 2.24) is 0 Å². The summed E-state index contributed by atoms with van der Waals surface area (Å²) in [6, 6.07) is 29.8. The van der Waals surface area contributed by atoms with Crippen molar-refractivity contribution in [3.63, 3.8) is 0 Å². The van der Waals surface area contributed by atoms with Crippen LogP contribution in [-0.4, -0.2) is 0 Å². The van der Waals surface area contributed by atoms with Gasteiger partial charge in [0.15, 0.2) is 0 Å². The Morgan fingerprint density at radius 2 is 0.969 bits per heavy atom. The molecule has 160 valence electrons. The van der Waals surface area contributed by atoms with Gasteiger partial charge in [-0.15, -0.1) is 67.5 Å². The Morgan fingerprint density at radius 3 is 1.38 bits per heavy atom. The third-order valence-electron chi connectivity index (χ3n) is 6.15. The molecule has 0 atom stereocenters. The van der Waals surface area contributed by atoms with Crippen LogP contribution in [0, 0.1) is 27.7 Å². The Labute approximate surface area is 223 Å². The summed E-state index contributed by atoms with van der Waals surface area (Å²) >= 11 is 0. The molecule has 0 N–H and O–H groups in total. The van der Waals surface area contributed by atoms with Gasteiger partial charge in [-0.1, -0.05) is 75.4 Å². The van der Waals surface area contributed by atoms with Gasteiger partial charge in [0.1, 0.15) is 0 Å². The zero-order valence-corrected chi connectivity index (χ0v) is 23.6. The number of fused-ring (bicyclic) bond motifs is 2. The first-order valence-corrected chi connectivity index (χ1v) is 11.6. The molecule has 0 fully saturated rings. The van der Waals surface area contributed by atoms with Crippen molar-refractivity contribution in [2.75, 3.05) is 0 Å². The van der Waals surface area contributed by atoms with E-state index in [2.05, 4.69) is 107 Å². The first kappa shape index (κ1) is 27.0. The molecular weight excluding hydrogens is 529 g/mol. The van der Waals surface area contributed by atoms with Crippen molar-refractivity contribution in [3.05, 3.63) is 101 Å². The van der Waals surface area contributed by atoms with Crippen LogP contribution in [0.3, 0.4) is 0 Å². The van der Waals surface area contributed by atoms with E-state index in [1.54, 1.807) is 0 Å². The zero-order valence-electron chi connectivity index (χ0n) is 18.7. The van der Waals surface area contributed by atoms with E-state index in [0.29, 0.717) is 0 Å². The predicted molar refractivity (Wildman–Crippen MR) is 130 cm³/mol. The molecule has 0 saturated carbocycles. The normalized spacial score (nSPS) is 10.7. The van der Waals surface area contributed by atoms with E-state index in [1.165, 1.54) is 59.7 Å². The van der Waals surface area contributed by atoms with Gasteiger partial charge in [-0.05, 0) is 19.2 Å². The molecule has 0 nitrogen and oxygen atoms in total. The third-order valence-corrected chi connectivity index (χ3v) is 8.51. The summed E-state index contributed by atoms with van der Waals surface area (Å²) in [5.41, 5.74) is 5.44. The fourth-order valence-corrected chi connectivity index (χ4v) is 6.83. The molecule has 0 bridgehead atoms. The Hall–Kier alpha value is -1.23. The maximum Gasteiger partial charge on any atom is 4.00 e. The van der Waals surface area contributed by atoms with Gasteiger partial charge in [-0.25, -0.2) is 0 Å². The van der Waals surface area contributed by atoms with Crippen molar-refractivity contribution in [2.45, 2.75) is 27.7 Å². The van der Waals surface area contributed by atoms with Gasteiger partial charge in [0.25, 0.3) is 0 Å². The summed E-state index contributed by atoms with van der Waals surface area (Å²) < 4.78 is 0. The summed E-state index contributed by atoms with van der Waals surface area (Å²) in [4.78, 5) is 0. The van der Waals surface area contributed by atoms with Crippen molar-refractivity contribution in [3.8, 4) is 0 Å². The zero-order chi connectivity index (χ0) is 20.1. The predicted octanol–water partition coefficient (Wildman–Crippen LogP) is 0.428. The van der Waals surface area contributed by atoms with E-state index < -0.39 is 7.92 Å². The monoisotopic (exact) mass is 552 g/mol. The smallest absolute Gasteiger partial charge is 1.00 e. The number of hydrogen-bond acceptors (Lipinski definition) is 0. The first-order chi connectivity index (χ1) is 14.0. The van der Waals surface area contributed by atoms with Gasteiger partial charge >= 0.3 is 26.2 Å². The average Bonchev–Trinajstić information content (AvgIpc) is 3.36. The molecule has 0 amide bonds. The van der Waals surface area contributed by atoms with E-state index in [-0.39, 0.29) is 51.0 Å². The van der Waals surface area contributed by atoms with Crippen molar-refractivity contribution in [2.24, 2.45) is 0 Å². The molecule has 0 aromatic heterocycles. The van der Waals surface area contributed by atoms with Crippen molar-refractivity contribution < 1.29 is 51.0 Å². The molecule has 0 aliphatic rings. The van der Waals surface area contributed by atoms with Crippen molar-refractivity contribution >= 4 is 45.4 Å². The quantitative estimate of drug-likeness (QED) is 0.224. The molecule has 0 heterocycles. The summed E-state index contributed by atoms with van der Waals surface area (Å²) in [6.45, 7) is 8.89. The Balaban J connectivity index is 0.00000121. The second-order valence-electron chi connectivity index (χ2n) is 8.15. The number of benzene rings is 3. The molecular formula is C28H25Cl2PZr. The van der Waals surface area contributed by atoms with E-state index in [9.17, 15) is 0 Å². The SMILES string of the molecule is Cc1ccc(C)c2[cH-]c(P(c3ccccc3)c3cc4c(C)ccc(C)c4[cH-]3)cc12.[Cl-].[Cl-].[Zr+4]. The van der Waals surface area contributed by atoms with E-state index in [1.807, 2.05) is 0 Å². The molecule has 4 heteroatoms. The fourth-order valence-electron chi connectivity index (χ4n) is 4.43. The standard InChI is InChI=1S/C28H25P.2ClH.Zr/c1-18-10-11-19(2)26-15-23(14-25(18)26)29(22-8-6-5-7-9-22)24-16-27-20(3)12-13-21(4)28(27)17-24;;;/h5-17H,1-4H3;2*1H;/q-2;;;+4/p-2. The topological polar surface area (TPSA) is 0 Å². The number of aryl methyl sites for hydroxylation is 4. The number of rotatable bonds is 3. The summed E-state index contributed by atoms with van der Waals surface area (Å²) in [5, 5.41) is 9.89. The molecule has 0 radical (unpaired) electrons. The summed E-state index contributed by atoms with van der Waals surface area (Å²) in [5.74, 6) is 0. The van der Waals surface area contributed by atoms with Crippen LogP contribution in [-0.2, 0) is 26.2 Å².